The molecule has 0 amide bonds. The summed E-state index contributed by atoms with van der Waals surface area (Å²) in [4.78, 5) is 12.9. The fourth-order valence-corrected chi connectivity index (χ4v) is 5.07. The largest absolute Gasteiger partial charge is 0.496 e. The van der Waals surface area contributed by atoms with E-state index in [9.17, 15) is 9.90 Å². The average molecular weight is 330 g/mol. The molecule has 1 aromatic rings. The first-order chi connectivity index (χ1) is 11.1. The summed E-state index contributed by atoms with van der Waals surface area (Å²) in [6.07, 6.45) is 1.87. The molecular weight excluding hydrogens is 300 g/mol. The zero-order valence-electron chi connectivity index (χ0n) is 15.8. The van der Waals surface area contributed by atoms with E-state index in [1.54, 1.807) is 7.11 Å². The number of hydrogen-bond acceptors (Lipinski definition) is 3. The Labute approximate surface area is 145 Å². The van der Waals surface area contributed by atoms with E-state index in [1.165, 1.54) is 0 Å². The Hall–Kier alpha value is -1.35. The van der Waals surface area contributed by atoms with Crippen LogP contribution in [0, 0.1) is 11.3 Å². The molecule has 0 radical (unpaired) electrons. The molecule has 3 rings (SSSR count). The molecule has 2 aliphatic rings. The van der Waals surface area contributed by atoms with Crippen molar-refractivity contribution in [3.63, 3.8) is 0 Å². The van der Waals surface area contributed by atoms with Crippen LogP contribution in [-0.2, 0) is 5.41 Å². The van der Waals surface area contributed by atoms with Crippen molar-refractivity contribution in [2.45, 2.75) is 71.3 Å². The van der Waals surface area contributed by atoms with Gasteiger partial charge in [-0.25, -0.2) is 0 Å². The Morgan fingerprint density at radius 2 is 1.92 bits per heavy atom. The van der Waals surface area contributed by atoms with Gasteiger partial charge in [0, 0.05) is 12.0 Å². The monoisotopic (exact) mass is 330 g/mol. The molecule has 3 heteroatoms. The highest BCUT2D eigenvalue weighted by atomic mass is 16.5. The van der Waals surface area contributed by atoms with Crippen molar-refractivity contribution < 1.29 is 14.6 Å². The second-order valence-corrected chi connectivity index (χ2v) is 8.77. The van der Waals surface area contributed by atoms with Gasteiger partial charge in [-0.1, -0.05) is 34.6 Å². The summed E-state index contributed by atoms with van der Waals surface area (Å²) in [5, 5.41) is 10.5. The summed E-state index contributed by atoms with van der Waals surface area (Å²) < 4.78 is 5.65. The van der Waals surface area contributed by atoms with Crippen LogP contribution in [0.2, 0.25) is 0 Å². The molecule has 132 valence electrons. The maximum absolute atomic E-state index is 12.9. The van der Waals surface area contributed by atoms with Crippen molar-refractivity contribution in [1.29, 1.82) is 0 Å². The first-order valence-corrected chi connectivity index (χ1v) is 9.06. The van der Waals surface area contributed by atoms with Crippen molar-refractivity contribution in [2.75, 3.05) is 7.11 Å². The fourth-order valence-electron chi connectivity index (χ4n) is 5.07. The smallest absolute Gasteiger partial charge is 0.163 e. The lowest BCUT2D eigenvalue weighted by Gasteiger charge is -2.55. The molecule has 1 saturated carbocycles. The van der Waals surface area contributed by atoms with Crippen LogP contribution in [0.1, 0.15) is 81.3 Å². The van der Waals surface area contributed by atoms with Crippen LogP contribution in [0.4, 0.5) is 0 Å². The summed E-state index contributed by atoms with van der Waals surface area (Å²) in [7, 11) is 1.70. The Morgan fingerprint density at radius 3 is 2.50 bits per heavy atom. The van der Waals surface area contributed by atoms with E-state index >= 15 is 0 Å². The van der Waals surface area contributed by atoms with E-state index in [0.717, 1.165) is 35.3 Å². The van der Waals surface area contributed by atoms with Crippen molar-refractivity contribution in [2.24, 2.45) is 11.3 Å². The summed E-state index contributed by atoms with van der Waals surface area (Å²) in [6, 6.07) is 4.16. The van der Waals surface area contributed by atoms with Gasteiger partial charge < -0.3 is 9.84 Å². The minimum absolute atomic E-state index is 0.0885. The van der Waals surface area contributed by atoms with E-state index in [2.05, 4.69) is 46.8 Å². The quantitative estimate of drug-likeness (QED) is 0.871. The minimum Gasteiger partial charge on any atom is -0.496 e. The predicted octanol–water partition coefficient (Wildman–Crippen LogP) is 4.46. The molecule has 3 atom stereocenters. The third-order valence-electron chi connectivity index (χ3n) is 6.76. The number of carbonyl (C=O) groups is 1. The number of methoxy groups -OCH3 is 1. The Balaban J connectivity index is 2.21. The fraction of sp³-hybridized carbons (Fsp3) is 0.667. The lowest BCUT2D eigenvalue weighted by molar-refractivity contribution is -0.0687. The van der Waals surface area contributed by atoms with Crippen LogP contribution in [-0.4, -0.2) is 24.1 Å². The molecule has 1 aromatic carbocycles. The van der Waals surface area contributed by atoms with Crippen LogP contribution in [0.5, 0.6) is 5.75 Å². The number of hydrogen-bond donors (Lipinski definition) is 1. The number of carbonyl (C=O) groups excluding carboxylic acids is 1. The first kappa shape index (κ1) is 17.5. The number of aliphatic hydroxyl groups is 1. The van der Waals surface area contributed by atoms with Gasteiger partial charge in [0.25, 0.3) is 0 Å². The predicted molar refractivity (Wildman–Crippen MR) is 95.9 cm³/mol. The summed E-state index contributed by atoms with van der Waals surface area (Å²) >= 11 is 0. The van der Waals surface area contributed by atoms with E-state index in [4.69, 9.17) is 4.74 Å². The van der Waals surface area contributed by atoms with Crippen molar-refractivity contribution in [3.05, 3.63) is 28.8 Å². The van der Waals surface area contributed by atoms with Gasteiger partial charge in [-0.05, 0) is 58.8 Å². The summed E-state index contributed by atoms with van der Waals surface area (Å²) in [5.41, 5.74) is 2.73. The Kier molecular flexibility index (Phi) is 4.07. The molecule has 0 heterocycles. The molecule has 0 bridgehead atoms. The van der Waals surface area contributed by atoms with Gasteiger partial charge in [0.1, 0.15) is 5.75 Å². The third kappa shape index (κ3) is 2.32. The normalized spacial score (nSPS) is 31.6. The second-order valence-electron chi connectivity index (χ2n) is 8.77. The first-order valence-electron chi connectivity index (χ1n) is 9.06. The second kappa shape index (κ2) is 5.59. The topological polar surface area (TPSA) is 46.5 Å². The number of rotatable bonds is 2. The molecular formula is C21H30O3. The van der Waals surface area contributed by atoms with Crippen molar-refractivity contribution in [3.8, 4) is 5.75 Å². The maximum atomic E-state index is 12.9. The number of ketones is 1. The number of fused-ring (bicyclic) bond motifs is 3. The van der Waals surface area contributed by atoms with E-state index in [-0.39, 0.29) is 28.6 Å². The van der Waals surface area contributed by atoms with Crippen molar-refractivity contribution in [1.82, 2.24) is 0 Å². The van der Waals surface area contributed by atoms with E-state index in [0.29, 0.717) is 12.3 Å². The SMILES string of the molecule is COc1cc2c(cc1C(C)C)C(=O)C[C@H]1C(C)(C)[C@@H](O)CC[C@]21C. The minimum atomic E-state index is -0.346. The van der Waals surface area contributed by atoms with Crippen LogP contribution in [0.15, 0.2) is 12.1 Å². The summed E-state index contributed by atoms with van der Waals surface area (Å²) in [5.74, 6) is 1.55. The molecule has 1 fully saturated rings. The molecule has 0 spiro atoms. The Bertz CT molecular complexity index is 674. The maximum Gasteiger partial charge on any atom is 0.163 e. The van der Waals surface area contributed by atoms with Gasteiger partial charge in [-0.3, -0.25) is 4.79 Å². The molecule has 0 unspecified atom stereocenters. The van der Waals surface area contributed by atoms with Crippen molar-refractivity contribution >= 4 is 5.78 Å². The van der Waals surface area contributed by atoms with Gasteiger partial charge in [0.05, 0.1) is 13.2 Å². The van der Waals surface area contributed by atoms with Gasteiger partial charge in [0.2, 0.25) is 0 Å². The molecule has 3 nitrogen and oxygen atoms in total. The molecule has 0 aliphatic heterocycles. The van der Waals surface area contributed by atoms with Crippen LogP contribution < -0.4 is 4.74 Å². The molecule has 1 N–H and O–H groups in total. The zero-order chi connectivity index (χ0) is 17.9. The van der Waals surface area contributed by atoms with Gasteiger partial charge in [0.15, 0.2) is 5.78 Å². The zero-order valence-corrected chi connectivity index (χ0v) is 15.8. The number of ether oxygens (including phenoxy) is 1. The number of aliphatic hydroxyl groups excluding tert-OH is 1. The van der Waals surface area contributed by atoms with Crippen LogP contribution in [0.3, 0.4) is 0 Å². The van der Waals surface area contributed by atoms with Crippen LogP contribution >= 0.6 is 0 Å². The van der Waals surface area contributed by atoms with Gasteiger partial charge >= 0.3 is 0 Å². The molecule has 0 saturated heterocycles. The van der Waals surface area contributed by atoms with E-state index < -0.39 is 0 Å². The lowest BCUT2D eigenvalue weighted by Crippen LogP contribution is -2.54. The third-order valence-corrected chi connectivity index (χ3v) is 6.76. The lowest BCUT2D eigenvalue weighted by atomic mass is 9.49. The standard InChI is InChI=1S/C21H30O3/c1-12(2)13-9-14-15(10-17(13)24-6)21(5)8-7-19(23)20(3,4)18(21)11-16(14)22/h9-10,12,18-19,23H,7-8,11H2,1-6H3/t18-,19-,21+/m0/s1. The Morgan fingerprint density at radius 1 is 1.25 bits per heavy atom. The summed E-state index contributed by atoms with van der Waals surface area (Å²) in [6.45, 7) is 10.7. The molecule has 24 heavy (non-hydrogen) atoms. The van der Waals surface area contributed by atoms with E-state index in [1.807, 2.05) is 0 Å². The average Bonchev–Trinajstić information content (AvgIpc) is 2.53. The van der Waals surface area contributed by atoms with Gasteiger partial charge in [-0.15, -0.1) is 0 Å². The molecule has 2 aliphatic carbocycles. The number of benzene rings is 1. The number of Topliss-reactive ketones (excluding diaryl/α,β-unsaturated/α-hetero) is 1. The highest BCUT2D eigenvalue weighted by molar-refractivity contribution is 6.00. The van der Waals surface area contributed by atoms with Crippen LogP contribution in [0.25, 0.3) is 0 Å². The highest BCUT2D eigenvalue weighted by Crippen LogP contribution is 2.57. The molecule has 0 aromatic heterocycles. The highest BCUT2D eigenvalue weighted by Gasteiger charge is 2.55. The van der Waals surface area contributed by atoms with Gasteiger partial charge in [-0.2, -0.15) is 0 Å².